The molecule has 0 spiro atoms. The predicted molar refractivity (Wildman–Crippen MR) is 58.8 cm³/mol. The van der Waals surface area contributed by atoms with Gasteiger partial charge >= 0.3 is 5.69 Å². The van der Waals surface area contributed by atoms with Crippen LogP contribution < -0.4 is 11.0 Å². The minimum Gasteiger partial charge on any atom is -0.506 e. The summed E-state index contributed by atoms with van der Waals surface area (Å²) in [6.07, 6.45) is 0. The molecule has 0 bridgehead atoms. The maximum atomic E-state index is 11.0. The van der Waals surface area contributed by atoms with Gasteiger partial charge in [0.2, 0.25) is 0 Å². The van der Waals surface area contributed by atoms with Gasteiger partial charge in [0.25, 0.3) is 0 Å². The number of aryl methyl sites for hydroxylation is 1. The van der Waals surface area contributed by atoms with Crippen molar-refractivity contribution in [1.29, 1.82) is 0 Å². The summed E-state index contributed by atoms with van der Waals surface area (Å²) in [6, 6.07) is 6.69. The van der Waals surface area contributed by atoms with Crippen molar-refractivity contribution in [2.45, 2.75) is 6.92 Å². The Balaban J connectivity index is 2.38. The van der Waals surface area contributed by atoms with Crippen molar-refractivity contribution in [3.63, 3.8) is 0 Å². The third kappa shape index (κ3) is 2.00. The molecule has 0 atom stereocenters. The monoisotopic (exact) mass is 218 g/mol. The third-order valence-electron chi connectivity index (χ3n) is 2.03. The Morgan fingerprint density at radius 3 is 2.88 bits per heavy atom. The van der Waals surface area contributed by atoms with Gasteiger partial charge in [0.15, 0.2) is 5.82 Å². The van der Waals surface area contributed by atoms with E-state index in [0.29, 0.717) is 17.2 Å². The average Bonchev–Trinajstić information content (AvgIpc) is 2.27. The maximum Gasteiger partial charge on any atom is 0.363 e. The molecule has 0 aliphatic heterocycles. The Morgan fingerprint density at radius 2 is 2.12 bits per heavy atom. The smallest absolute Gasteiger partial charge is 0.363 e. The van der Waals surface area contributed by atoms with E-state index in [1.165, 1.54) is 6.07 Å². The molecular weight excluding hydrogens is 208 g/mol. The number of nitrogens with zero attached hydrogens (tertiary/aromatic N) is 2. The van der Waals surface area contributed by atoms with Crippen LogP contribution in [0.15, 0.2) is 29.1 Å². The summed E-state index contributed by atoms with van der Waals surface area (Å²) in [7, 11) is 0. The second-order valence-corrected chi connectivity index (χ2v) is 3.22. The summed E-state index contributed by atoms with van der Waals surface area (Å²) in [5, 5.41) is 18.4. The lowest BCUT2D eigenvalue weighted by Crippen LogP contribution is -2.15. The fourth-order valence-corrected chi connectivity index (χ4v) is 1.22. The minimum atomic E-state index is -0.538. The van der Waals surface area contributed by atoms with Gasteiger partial charge in [-0.1, -0.05) is 12.1 Å². The number of aromatic hydroxyl groups is 1. The van der Waals surface area contributed by atoms with Crippen LogP contribution in [-0.4, -0.2) is 20.3 Å². The normalized spacial score (nSPS) is 10.1. The fraction of sp³-hybridized carbons (Fsp3) is 0.100. The van der Waals surface area contributed by atoms with Crippen molar-refractivity contribution in [2.24, 2.45) is 0 Å². The van der Waals surface area contributed by atoms with E-state index < -0.39 is 5.69 Å². The number of H-pyrrole nitrogens is 1. The van der Waals surface area contributed by atoms with Crippen molar-refractivity contribution in [3.05, 3.63) is 40.4 Å². The van der Waals surface area contributed by atoms with Gasteiger partial charge in [-0.3, -0.25) is 0 Å². The van der Waals surface area contributed by atoms with Crippen molar-refractivity contribution >= 4 is 11.5 Å². The van der Waals surface area contributed by atoms with E-state index in [2.05, 4.69) is 20.5 Å². The summed E-state index contributed by atoms with van der Waals surface area (Å²) in [4.78, 5) is 14.7. The first-order valence-corrected chi connectivity index (χ1v) is 4.65. The van der Waals surface area contributed by atoms with E-state index in [0.717, 1.165) is 0 Å². The molecule has 2 rings (SSSR count). The van der Waals surface area contributed by atoms with E-state index >= 15 is 0 Å². The van der Waals surface area contributed by atoms with E-state index in [1.54, 1.807) is 25.1 Å². The first-order chi connectivity index (χ1) is 7.66. The quantitative estimate of drug-likeness (QED) is 0.652. The van der Waals surface area contributed by atoms with Crippen molar-refractivity contribution in [2.75, 3.05) is 5.32 Å². The molecule has 0 radical (unpaired) electrons. The lowest BCUT2D eigenvalue weighted by molar-refractivity contribution is 0.477. The standard InChI is InChI=1S/C10H10N4O2/c1-6-9(12-10(16)14-13-6)11-7-4-2-3-5-8(7)15/h2-5,15H,1H3,(H2,11,12,14,16). The molecule has 0 saturated carbocycles. The molecule has 16 heavy (non-hydrogen) atoms. The summed E-state index contributed by atoms with van der Waals surface area (Å²) in [6.45, 7) is 1.70. The molecule has 1 heterocycles. The highest BCUT2D eigenvalue weighted by molar-refractivity contribution is 5.64. The summed E-state index contributed by atoms with van der Waals surface area (Å²) >= 11 is 0. The maximum absolute atomic E-state index is 11.0. The van der Waals surface area contributed by atoms with Gasteiger partial charge < -0.3 is 10.4 Å². The number of aromatic nitrogens is 3. The molecule has 6 nitrogen and oxygen atoms in total. The number of phenols is 1. The van der Waals surface area contributed by atoms with Crippen molar-refractivity contribution in [1.82, 2.24) is 15.2 Å². The summed E-state index contributed by atoms with van der Waals surface area (Å²) in [5.74, 6) is 0.411. The molecule has 1 aromatic carbocycles. The molecule has 0 aliphatic carbocycles. The first-order valence-electron chi connectivity index (χ1n) is 4.65. The van der Waals surface area contributed by atoms with E-state index in [4.69, 9.17) is 0 Å². The van der Waals surface area contributed by atoms with Gasteiger partial charge in [-0.05, 0) is 19.1 Å². The van der Waals surface area contributed by atoms with Crippen LogP contribution in [0.25, 0.3) is 0 Å². The highest BCUT2D eigenvalue weighted by Gasteiger charge is 2.05. The number of aromatic amines is 1. The van der Waals surface area contributed by atoms with Gasteiger partial charge in [-0.15, -0.1) is 0 Å². The number of hydrogen-bond acceptors (Lipinski definition) is 5. The Labute approximate surface area is 91.0 Å². The third-order valence-corrected chi connectivity index (χ3v) is 2.03. The van der Waals surface area contributed by atoms with Crippen LogP contribution in [0, 0.1) is 6.92 Å². The predicted octanol–water partition coefficient (Wildman–Crippen LogP) is 0.923. The van der Waals surface area contributed by atoms with Crippen LogP contribution in [0.5, 0.6) is 5.75 Å². The molecule has 1 aromatic heterocycles. The molecule has 0 unspecified atom stereocenters. The minimum absolute atomic E-state index is 0.0870. The van der Waals surface area contributed by atoms with E-state index in [1.807, 2.05) is 0 Å². The van der Waals surface area contributed by atoms with Crippen LogP contribution >= 0.6 is 0 Å². The van der Waals surface area contributed by atoms with Gasteiger partial charge in [0, 0.05) is 0 Å². The summed E-state index contributed by atoms with van der Waals surface area (Å²) < 4.78 is 0. The second-order valence-electron chi connectivity index (χ2n) is 3.22. The molecule has 0 amide bonds. The zero-order valence-corrected chi connectivity index (χ0v) is 8.56. The molecule has 3 N–H and O–H groups in total. The molecule has 0 saturated heterocycles. The van der Waals surface area contributed by atoms with Crippen molar-refractivity contribution in [3.8, 4) is 5.75 Å². The number of para-hydroxylation sites is 2. The van der Waals surface area contributed by atoms with Gasteiger partial charge in [0.1, 0.15) is 11.4 Å². The van der Waals surface area contributed by atoms with Crippen molar-refractivity contribution < 1.29 is 5.11 Å². The van der Waals surface area contributed by atoms with Crippen LogP contribution in [0.4, 0.5) is 11.5 Å². The number of benzene rings is 1. The Bertz CT molecular complexity index is 565. The topological polar surface area (TPSA) is 90.9 Å². The first kappa shape index (κ1) is 10.2. The van der Waals surface area contributed by atoms with Crippen LogP contribution in [0.2, 0.25) is 0 Å². The number of anilines is 2. The van der Waals surface area contributed by atoms with Crippen LogP contribution in [-0.2, 0) is 0 Å². The number of nitrogens with one attached hydrogen (secondary N) is 2. The zero-order chi connectivity index (χ0) is 11.5. The zero-order valence-electron chi connectivity index (χ0n) is 8.56. The molecular formula is C10H10N4O2. The lowest BCUT2D eigenvalue weighted by atomic mass is 10.3. The SMILES string of the molecule is Cc1n[nH]c(=O)nc1Nc1ccccc1O. The van der Waals surface area contributed by atoms with Crippen LogP contribution in [0.3, 0.4) is 0 Å². The molecule has 82 valence electrons. The van der Waals surface area contributed by atoms with Crippen LogP contribution in [0.1, 0.15) is 5.69 Å². The van der Waals surface area contributed by atoms with E-state index in [-0.39, 0.29) is 5.75 Å². The second kappa shape index (κ2) is 4.01. The number of hydrogen-bond donors (Lipinski definition) is 3. The van der Waals surface area contributed by atoms with Gasteiger partial charge in [-0.2, -0.15) is 10.1 Å². The Morgan fingerprint density at radius 1 is 1.38 bits per heavy atom. The molecule has 0 fully saturated rings. The number of phenolic OH excluding ortho intramolecular Hbond substituents is 1. The lowest BCUT2D eigenvalue weighted by Gasteiger charge is -2.07. The average molecular weight is 218 g/mol. The highest BCUT2D eigenvalue weighted by Crippen LogP contribution is 2.24. The Kier molecular flexibility index (Phi) is 2.55. The van der Waals surface area contributed by atoms with Gasteiger partial charge in [0.05, 0.1) is 5.69 Å². The largest absolute Gasteiger partial charge is 0.506 e. The fourth-order valence-electron chi connectivity index (χ4n) is 1.22. The summed E-state index contributed by atoms with van der Waals surface area (Å²) in [5.41, 5.74) is 0.483. The molecule has 0 aliphatic rings. The highest BCUT2D eigenvalue weighted by atomic mass is 16.3. The van der Waals surface area contributed by atoms with E-state index in [9.17, 15) is 9.90 Å². The number of rotatable bonds is 2. The van der Waals surface area contributed by atoms with Gasteiger partial charge in [-0.25, -0.2) is 9.89 Å². The Hall–Kier alpha value is -2.37. The molecule has 6 heteroatoms. The molecule has 2 aromatic rings.